The van der Waals surface area contributed by atoms with Crippen molar-refractivity contribution in [2.75, 3.05) is 52.6 Å². The molecule has 0 unspecified atom stereocenters. The second-order valence-corrected chi connectivity index (χ2v) is 6.59. The van der Waals surface area contributed by atoms with Crippen LogP contribution in [0.15, 0.2) is 24.5 Å². The van der Waals surface area contributed by atoms with Gasteiger partial charge in [-0.15, -0.1) is 0 Å². The van der Waals surface area contributed by atoms with Crippen molar-refractivity contribution in [3.05, 3.63) is 30.1 Å². The summed E-state index contributed by atoms with van der Waals surface area (Å²) in [5, 5.41) is 5.97. The van der Waals surface area contributed by atoms with Crippen molar-refractivity contribution in [1.82, 2.24) is 20.5 Å². The predicted molar refractivity (Wildman–Crippen MR) is 94.4 cm³/mol. The zero-order valence-corrected chi connectivity index (χ0v) is 14.7. The van der Waals surface area contributed by atoms with Gasteiger partial charge in [0.05, 0.1) is 19.8 Å². The van der Waals surface area contributed by atoms with Gasteiger partial charge in [-0.25, -0.2) is 4.79 Å². The van der Waals surface area contributed by atoms with E-state index in [9.17, 15) is 4.79 Å². The first-order valence-electron chi connectivity index (χ1n) is 9.13. The van der Waals surface area contributed by atoms with Gasteiger partial charge in [0.15, 0.2) is 0 Å². The summed E-state index contributed by atoms with van der Waals surface area (Å²) in [6, 6.07) is 4.13. The minimum Gasteiger partial charge on any atom is -0.381 e. The summed E-state index contributed by atoms with van der Waals surface area (Å²) in [7, 11) is 0. The first-order chi connectivity index (χ1) is 12.3. The number of carbonyl (C=O) groups is 1. The number of hydrogen-bond acceptors (Lipinski definition) is 5. The van der Waals surface area contributed by atoms with Gasteiger partial charge in [-0.2, -0.15) is 0 Å². The van der Waals surface area contributed by atoms with E-state index in [0.29, 0.717) is 25.0 Å². The summed E-state index contributed by atoms with van der Waals surface area (Å²) in [6.45, 7) is 6.23. The van der Waals surface area contributed by atoms with Gasteiger partial charge in [-0.1, -0.05) is 6.07 Å². The van der Waals surface area contributed by atoms with Gasteiger partial charge in [0.1, 0.15) is 0 Å². The summed E-state index contributed by atoms with van der Waals surface area (Å²) in [4.78, 5) is 18.6. The Kier molecular flexibility index (Phi) is 7.02. The van der Waals surface area contributed by atoms with Crippen molar-refractivity contribution in [1.29, 1.82) is 0 Å². The van der Waals surface area contributed by atoms with Crippen molar-refractivity contribution >= 4 is 6.03 Å². The largest absolute Gasteiger partial charge is 0.381 e. The molecular weight excluding hydrogens is 320 g/mol. The molecule has 1 aromatic rings. The molecule has 1 aromatic heterocycles. The number of hydrogen-bond donors (Lipinski definition) is 2. The molecular formula is C18H28N4O3. The highest BCUT2D eigenvalue weighted by Gasteiger charge is 2.31. The highest BCUT2D eigenvalue weighted by atomic mass is 16.5. The van der Waals surface area contributed by atoms with Gasteiger partial charge < -0.3 is 20.1 Å². The maximum atomic E-state index is 12.1. The number of rotatable bonds is 7. The molecule has 3 rings (SSSR count). The van der Waals surface area contributed by atoms with Crippen LogP contribution in [0, 0.1) is 5.92 Å². The van der Waals surface area contributed by atoms with Crippen LogP contribution in [0.4, 0.5) is 4.79 Å². The minimum absolute atomic E-state index is 0.110. The SMILES string of the molecule is O=C(NCCc1cccnc1)NC[C@H]([C@H]1CCOC1)N1CCOCC1. The Morgan fingerprint density at radius 3 is 2.88 bits per heavy atom. The Hall–Kier alpha value is -1.70. The van der Waals surface area contributed by atoms with Crippen LogP contribution in [0.2, 0.25) is 0 Å². The molecule has 0 radical (unpaired) electrons. The molecule has 2 N–H and O–H groups in total. The van der Waals surface area contributed by atoms with Crippen LogP contribution in [-0.4, -0.2) is 74.6 Å². The molecule has 0 saturated carbocycles. The predicted octanol–water partition coefficient (Wildman–Crippen LogP) is 0.661. The van der Waals surface area contributed by atoms with E-state index >= 15 is 0 Å². The Morgan fingerprint density at radius 1 is 1.28 bits per heavy atom. The van der Waals surface area contributed by atoms with Crippen LogP contribution < -0.4 is 10.6 Å². The summed E-state index contributed by atoms with van der Waals surface area (Å²) in [5.74, 6) is 0.480. The van der Waals surface area contributed by atoms with E-state index in [0.717, 1.165) is 57.9 Å². The first kappa shape index (κ1) is 18.1. The van der Waals surface area contributed by atoms with Gasteiger partial charge in [-0.3, -0.25) is 9.88 Å². The number of ether oxygens (including phenoxy) is 2. The molecule has 25 heavy (non-hydrogen) atoms. The molecule has 2 fully saturated rings. The van der Waals surface area contributed by atoms with Crippen molar-refractivity contribution in [2.45, 2.75) is 18.9 Å². The molecule has 2 amide bonds. The summed E-state index contributed by atoms with van der Waals surface area (Å²) in [5.41, 5.74) is 1.12. The fraction of sp³-hybridized carbons (Fsp3) is 0.667. The summed E-state index contributed by atoms with van der Waals surface area (Å²) >= 11 is 0. The monoisotopic (exact) mass is 348 g/mol. The maximum Gasteiger partial charge on any atom is 0.314 e. The molecule has 0 aliphatic carbocycles. The standard InChI is InChI=1S/C18H28N4O3/c23-18(20-6-3-15-2-1-5-19-12-15)21-13-17(16-4-9-25-14-16)22-7-10-24-11-8-22/h1-2,5,12,16-17H,3-4,6-11,13-14H2,(H2,20,21,23)/t16-,17+/m0/s1. The molecule has 7 heteroatoms. The number of nitrogens with one attached hydrogen (secondary N) is 2. The maximum absolute atomic E-state index is 12.1. The molecule has 2 saturated heterocycles. The van der Waals surface area contributed by atoms with Crippen LogP contribution >= 0.6 is 0 Å². The average Bonchev–Trinajstić information content (AvgIpc) is 3.18. The second-order valence-electron chi connectivity index (χ2n) is 6.59. The Labute approximate surface area is 149 Å². The number of urea groups is 1. The first-order valence-corrected chi connectivity index (χ1v) is 9.13. The minimum atomic E-state index is -0.110. The van der Waals surface area contributed by atoms with E-state index in [1.54, 1.807) is 6.20 Å². The van der Waals surface area contributed by atoms with Gasteiger partial charge in [0, 0.05) is 57.1 Å². The van der Waals surface area contributed by atoms with Crippen molar-refractivity contribution in [3.63, 3.8) is 0 Å². The molecule has 7 nitrogen and oxygen atoms in total. The molecule has 138 valence electrons. The van der Waals surface area contributed by atoms with E-state index in [2.05, 4.69) is 20.5 Å². The molecule has 0 aromatic carbocycles. The second kappa shape index (κ2) is 9.70. The lowest BCUT2D eigenvalue weighted by atomic mass is 9.97. The zero-order chi connectivity index (χ0) is 17.3. The Morgan fingerprint density at radius 2 is 2.16 bits per heavy atom. The lowest BCUT2D eigenvalue weighted by molar-refractivity contribution is 0.00213. The van der Waals surface area contributed by atoms with Gasteiger partial charge in [-0.05, 0) is 24.5 Å². The third-order valence-electron chi connectivity index (χ3n) is 4.92. The quantitative estimate of drug-likeness (QED) is 0.757. The fourth-order valence-electron chi connectivity index (χ4n) is 3.49. The van der Waals surface area contributed by atoms with Crippen LogP contribution in [0.25, 0.3) is 0 Å². The number of aromatic nitrogens is 1. The van der Waals surface area contributed by atoms with Crippen LogP contribution in [-0.2, 0) is 15.9 Å². The summed E-state index contributed by atoms with van der Waals surface area (Å²) in [6.07, 6.45) is 5.42. The van der Waals surface area contributed by atoms with E-state index in [4.69, 9.17) is 9.47 Å². The Balaban J connectivity index is 1.42. The number of carbonyl (C=O) groups excluding carboxylic acids is 1. The third-order valence-corrected chi connectivity index (χ3v) is 4.92. The Bertz CT molecular complexity index is 516. The van der Waals surface area contributed by atoms with Gasteiger partial charge in [0.25, 0.3) is 0 Å². The van der Waals surface area contributed by atoms with E-state index in [1.807, 2.05) is 18.3 Å². The van der Waals surface area contributed by atoms with Crippen molar-refractivity contribution in [3.8, 4) is 0 Å². The fourth-order valence-corrected chi connectivity index (χ4v) is 3.49. The highest BCUT2D eigenvalue weighted by Crippen LogP contribution is 2.21. The molecule has 3 heterocycles. The smallest absolute Gasteiger partial charge is 0.314 e. The lowest BCUT2D eigenvalue weighted by Crippen LogP contribution is -2.53. The molecule has 2 atom stereocenters. The van der Waals surface area contributed by atoms with Gasteiger partial charge >= 0.3 is 6.03 Å². The number of pyridine rings is 1. The van der Waals surface area contributed by atoms with Crippen molar-refractivity contribution < 1.29 is 14.3 Å². The average molecular weight is 348 g/mol. The van der Waals surface area contributed by atoms with Crippen molar-refractivity contribution in [2.24, 2.45) is 5.92 Å². The van der Waals surface area contributed by atoms with E-state index in [-0.39, 0.29) is 6.03 Å². The third kappa shape index (κ3) is 5.66. The zero-order valence-electron chi connectivity index (χ0n) is 14.7. The number of nitrogens with zero attached hydrogens (tertiary/aromatic N) is 2. The normalized spacial score (nSPS) is 22.5. The van der Waals surface area contributed by atoms with E-state index < -0.39 is 0 Å². The molecule has 2 aliphatic rings. The molecule has 0 bridgehead atoms. The topological polar surface area (TPSA) is 75.7 Å². The lowest BCUT2D eigenvalue weighted by Gasteiger charge is -2.37. The molecule has 2 aliphatic heterocycles. The van der Waals surface area contributed by atoms with Crippen LogP contribution in [0.1, 0.15) is 12.0 Å². The number of amides is 2. The van der Waals surface area contributed by atoms with Crippen LogP contribution in [0.5, 0.6) is 0 Å². The van der Waals surface area contributed by atoms with E-state index in [1.165, 1.54) is 0 Å². The number of morpholine rings is 1. The van der Waals surface area contributed by atoms with Gasteiger partial charge in [0.2, 0.25) is 0 Å². The summed E-state index contributed by atoms with van der Waals surface area (Å²) < 4.78 is 11.0. The van der Waals surface area contributed by atoms with Crippen LogP contribution in [0.3, 0.4) is 0 Å². The highest BCUT2D eigenvalue weighted by molar-refractivity contribution is 5.73. The molecule has 0 spiro atoms.